The number of nitrogens with zero attached hydrogens (tertiary/aromatic N) is 1. The number of hydrogen-bond donors (Lipinski definition) is 1. The van der Waals surface area contributed by atoms with Crippen LogP contribution in [0.2, 0.25) is 0 Å². The van der Waals surface area contributed by atoms with Crippen molar-refractivity contribution in [2.45, 2.75) is 33.1 Å². The van der Waals surface area contributed by atoms with Gasteiger partial charge in [0, 0.05) is 16.6 Å². The van der Waals surface area contributed by atoms with E-state index in [9.17, 15) is 4.79 Å². The summed E-state index contributed by atoms with van der Waals surface area (Å²) in [7, 11) is 0. The van der Waals surface area contributed by atoms with Crippen molar-refractivity contribution in [2.24, 2.45) is 0 Å². The zero-order valence-electron chi connectivity index (χ0n) is 17.5. The van der Waals surface area contributed by atoms with Crippen LogP contribution in [0.15, 0.2) is 78.9 Å². The van der Waals surface area contributed by atoms with Gasteiger partial charge in [0.2, 0.25) is 0 Å². The summed E-state index contributed by atoms with van der Waals surface area (Å²) in [6, 6.07) is 26.0. The molecule has 3 heteroatoms. The molecule has 0 spiro atoms. The number of rotatable bonds is 6. The lowest BCUT2D eigenvalue weighted by Gasteiger charge is -2.15. The first-order valence-corrected chi connectivity index (χ1v) is 10.5. The molecule has 0 aliphatic heterocycles. The number of para-hydroxylation sites is 1. The van der Waals surface area contributed by atoms with Gasteiger partial charge in [-0.2, -0.15) is 0 Å². The Bertz CT molecular complexity index is 1160. The third kappa shape index (κ3) is 4.11. The predicted molar refractivity (Wildman–Crippen MR) is 125 cm³/mol. The number of anilines is 1. The van der Waals surface area contributed by atoms with Crippen molar-refractivity contribution >= 4 is 22.5 Å². The summed E-state index contributed by atoms with van der Waals surface area (Å²) in [5.74, 6) is -0.107. The lowest BCUT2D eigenvalue weighted by molar-refractivity contribution is 0.102. The van der Waals surface area contributed by atoms with Gasteiger partial charge in [-0.25, -0.2) is 4.98 Å². The van der Waals surface area contributed by atoms with Gasteiger partial charge in [0.25, 0.3) is 5.91 Å². The number of aryl methyl sites for hydroxylation is 1. The summed E-state index contributed by atoms with van der Waals surface area (Å²) in [4.78, 5) is 18.2. The van der Waals surface area contributed by atoms with Gasteiger partial charge in [0.1, 0.15) is 0 Å². The Hall–Kier alpha value is -3.46. The van der Waals surface area contributed by atoms with Crippen LogP contribution in [0.3, 0.4) is 0 Å². The number of carbonyl (C=O) groups is 1. The first-order valence-electron chi connectivity index (χ1n) is 10.5. The largest absolute Gasteiger partial charge is 0.322 e. The Morgan fingerprint density at radius 1 is 0.900 bits per heavy atom. The minimum Gasteiger partial charge on any atom is -0.322 e. The van der Waals surface area contributed by atoms with E-state index in [0.29, 0.717) is 5.56 Å². The first-order chi connectivity index (χ1) is 14.7. The van der Waals surface area contributed by atoms with Crippen molar-refractivity contribution in [3.63, 3.8) is 0 Å². The number of pyridine rings is 1. The van der Waals surface area contributed by atoms with E-state index in [1.807, 2.05) is 73.7 Å². The number of carbonyl (C=O) groups excluding carboxylic acids is 1. The molecule has 4 rings (SSSR count). The molecule has 30 heavy (non-hydrogen) atoms. The monoisotopic (exact) mass is 394 g/mol. The fourth-order valence-electron chi connectivity index (χ4n) is 3.81. The fraction of sp³-hybridized carbons (Fsp3) is 0.185. The Kier molecular flexibility index (Phi) is 5.89. The van der Waals surface area contributed by atoms with Gasteiger partial charge < -0.3 is 5.32 Å². The van der Waals surface area contributed by atoms with E-state index in [2.05, 4.69) is 24.4 Å². The van der Waals surface area contributed by atoms with Crippen LogP contribution >= 0.6 is 0 Å². The molecule has 0 aliphatic rings. The average molecular weight is 395 g/mol. The number of amides is 1. The Balaban J connectivity index is 1.72. The maximum atomic E-state index is 13.4. The third-order valence-corrected chi connectivity index (χ3v) is 5.44. The second kappa shape index (κ2) is 8.91. The number of fused-ring (bicyclic) bond motifs is 1. The molecule has 3 aromatic carbocycles. The number of aromatic nitrogens is 1. The van der Waals surface area contributed by atoms with Crippen LogP contribution in [-0.4, -0.2) is 10.9 Å². The smallest absolute Gasteiger partial charge is 0.256 e. The van der Waals surface area contributed by atoms with Crippen molar-refractivity contribution in [1.82, 2.24) is 4.98 Å². The normalized spacial score (nSPS) is 10.9. The van der Waals surface area contributed by atoms with Crippen molar-refractivity contribution in [3.8, 4) is 11.3 Å². The molecule has 150 valence electrons. The van der Waals surface area contributed by atoms with Crippen LogP contribution in [0.1, 0.15) is 41.3 Å². The molecule has 0 radical (unpaired) electrons. The number of nitrogens with one attached hydrogen (secondary N) is 1. The molecule has 1 amide bonds. The van der Waals surface area contributed by atoms with Crippen molar-refractivity contribution < 1.29 is 4.79 Å². The highest BCUT2D eigenvalue weighted by Crippen LogP contribution is 2.30. The molecule has 0 atom stereocenters. The second-order valence-electron chi connectivity index (χ2n) is 7.60. The molecule has 0 bridgehead atoms. The maximum Gasteiger partial charge on any atom is 0.256 e. The van der Waals surface area contributed by atoms with Crippen LogP contribution < -0.4 is 5.32 Å². The van der Waals surface area contributed by atoms with Crippen molar-refractivity contribution in [2.75, 3.05) is 5.32 Å². The fourth-order valence-corrected chi connectivity index (χ4v) is 3.81. The zero-order valence-corrected chi connectivity index (χ0v) is 17.5. The van der Waals surface area contributed by atoms with E-state index in [4.69, 9.17) is 4.98 Å². The highest BCUT2D eigenvalue weighted by Gasteiger charge is 2.19. The minimum atomic E-state index is -0.107. The number of benzene rings is 3. The van der Waals surface area contributed by atoms with Crippen LogP contribution in [0.25, 0.3) is 22.2 Å². The summed E-state index contributed by atoms with van der Waals surface area (Å²) in [5, 5.41) is 3.95. The van der Waals surface area contributed by atoms with Crippen molar-refractivity contribution in [3.05, 3.63) is 95.6 Å². The molecule has 1 N–H and O–H groups in total. The van der Waals surface area contributed by atoms with E-state index in [1.54, 1.807) is 0 Å². The predicted octanol–water partition coefficient (Wildman–Crippen LogP) is 6.81. The molecule has 0 aliphatic carbocycles. The quantitative estimate of drug-likeness (QED) is 0.390. The van der Waals surface area contributed by atoms with Gasteiger partial charge in [0.05, 0.1) is 16.8 Å². The molecule has 0 fully saturated rings. The molecular weight excluding hydrogens is 368 g/mol. The Morgan fingerprint density at radius 3 is 2.33 bits per heavy atom. The summed E-state index contributed by atoms with van der Waals surface area (Å²) in [6.45, 7) is 4.17. The molecule has 3 nitrogen and oxygen atoms in total. The maximum absolute atomic E-state index is 13.4. The molecule has 1 aromatic heterocycles. The molecular formula is C27H26N2O. The average Bonchev–Trinajstić information content (AvgIpc) is 2.78. The molecule has 0 unspecified atom stereocenters. The van der Waals surface area contributed by atoms with E-state index in [1.165, 1.54) is 18.4 Å². The Morgan fingerprint density at radius 2 is 1.60 bits per heavy atom. The van der Waals surface area contributed by atoms with E-state index in [0.717, 1.165) is 39.8 Å². The van der Waals surface area contributed by atoms with Crippen molar-refractivity contribution in [1.29, 1.82) is 0 Å². The zero-order chi connectivity index (χ0) is 20.9. The summed E-state index contributed by atoms with van der Waals surface area (Å²) in [5.41, 5.74) is 6.34. The van der Waals surface area contributed by atoms with Crippen LogP contribution in [0, 0.1) is 6.92 Å². The van der Waals surface area contributed by atoms with Gasteiger partial charge in [-0.15, -0.1) is 0 Å². The van der Waals surface area contributed by atoms with Gasteiger partial charge in [-0.3, -0.25) is 4.79 Å². The van der Waals surface area contributed by atoms with Gasteiger partial charge in [-0.05, 0) is 49.1 Å². The van der Waals surface area contributed by atoms with E-state index >= 15 is 0 Å². The van der Waals surface area contributed by atoms with Gasteiger partial charge >= 0.3 is 0 Å². The standard InChI is InChI=1S/C27H26N2O/c1-3-4-10-20-15-17-22(18-16-20)28-27(30)25-19(2)26(21-11-6-5-7-12-21)29-24-14-9-8-13-23(24)25/h5-9,11-18H,3-4,10H2,1-2H3,(H,28,30). The molecule has 1 heterocycles. The summed E-state index contributed by atoms with van der Waals surface area (Å²) in [6.07, 6.45) is 3.42. The summed E-state index contributed by atoms with van der Waals surface area (Å²) < 4.78 is 0. The number of unbranched alkanes of at least 4 members (excludes halogenated alkanes) is 1. The topological polar surface area (TPSA) is 42.0 Å². The number of hydrogen-bond acceptors (Lipinski definition) is 2. The minimum absolute atomic E-state index is 0.107. The van der Waals surface area contributed by atoms with Crippen LogP contribution in [0.4, 0.5) is 5.69 Å². The molecule has 4 aromatic rings. The van der Waals surface area contributed by atoms with E-state index in [-0.39, 0.29) is 5.91 Å². The third-order valence-electron chi connectivity index (χ3n) is 5.44. The highest BCUT2D eigenvalue weighted by molar-refractivity contribution is 6.14. The van der Waals surface area contributed by atoms with Crippen LogP contribution in [0.5, 0.6) is 0 Å². The van der Waals surface area contributed by atoms with Crippen LogP contribution in [-0.2, 0) is 6.42 Å². The molecule has 0 saturated heterocycles. The lowest BCUT2D eigenvalue weighted by atomic mass is 9.97. The first kappa shape index (κ1) is 19.8. The SMILES string of the molecule is CCCCc1ccc(NC(=O)c2c(C)c(-c3ccccc3)nc3ccccc23)cc1. The Labute approximate surface area is 177 Å². The highest BCUT2D eigenvalue weighted by atomic mass is 16.1. The summed E-state index contributed by atoms with van der Waals surface area (Å²) >= 11 is 0. The lowest BCUT2D eigenvalue weighted by Crippen LogP contribution is -2.15. The van der Waals surface area contributed by atoms with Gasteiger partial charge in [0.15, 0.2) is 0 Å². The van der Waals surface area contributed by atoms with Gasteiger partial charge in [-0.1, -0.05) is 74.0 Å². The van der Waals surface area contributed by atoms with E-state index < -0.39 is 0 Å². The molecule has 0 saturated carbocycles. The second-order valence-corrected chi connectivity index (χ2v) is 7.60.